The average Bonchev–Trinajstić information content (AvgIpc) is 2.65. The average molecular weight is 226 g/mol. The maximum absolute atomic E-state index is 11.1. The summed E-state index contributed by atoms with van der Waals surface area (Å²) in [4.78, 5) is 11.1. The number of benzene rings is 1. The maximum atomic E-state index is 11.1. The molecule has 1 saturated heterocycles. The van der Waals surface area contributed by atoms with E-state index in [0.29, 0.717) is 17.2 Å². The number of ether oxygens (including phenoxy) is 1. The van der Waals surface area contributed by atoms with E-state index in [0.717, 1.165) is 12.0 Å². The van der Waals surface area contributed by atoms with Gasteiger partial charge in [-0.2, -0.15) is 0 Å². The van der Waals surface area contributed by atoms with Crippen molar-refractivity contribution in [1.29, 1.82) is 0 Å². The first kappa shape index (κ1) is 10.3. The first-order chi connectivity index (χ1) is 7.20. The van der Waals surface area contributed by atoms with Crippen LogP contribution in [0.4, 0.5) is 0 Å². The molecule has 15 heavy (non-hydrogen) atoms. The first-order valence-corrected chi connectivity index (χ1v) is 5.21. The Morgan fingerprint density at radius 2 is 2.33 bits per heavy atom. The molecule has 1 N–H and O–H groups in total. The standard InChI is InChI=1S/C11H12ClNO2/c1-15-10-4-2-7(6-8(10)12)9-3-5-11(14)13-9/h2,4,6,9H,3,5H2,1H3,(H,13,14). The van der Waals surface area contributed by atoms with Crippen molar-refractivity contribution in [1.82, 2.24) is 5.32 Å². The monoisotopic (exact) mass is 225 g/mol. The van der Waals surface area contributed by atoms with Gasteiger partial charge in [0.05, 0.1) is 18.2 Å². The molecular weight excluding hydrogens is 214 g/mol. The Bertz CT molecular complexity index is 392. The van der Waals surface area contributed by atoms with Crippen molar-refractivity contribution in [2.75, 3.05) is 7.11 Å². The van der Waals surface area contributed by atoms with Crippen molar-refractivity contribution in [3.8, 4) is 5.75 Å². The van der Waals surface area contributed by atoms with Crippen LogP contribution in [0.5, 0.6) is 5.75 Å². The zero-order valence-electron chi connectivity index (χ0n) is 8.42. The third-order valence-corrected chi connectivity index (χ3v) is 2.87. The lowest BCUT2D eigenvalue weighted by Crippen LogP contribution is -2.18. The summed E-state index contributed by atoms with van der Waals surface area (Å²) in [5, 5.41) is 3.48. The number of nitrogens with one attached hydrogen (secondary N) is 1. The minimum atomic E-state index is 0.0981. The van der Waals surface area contributed by atoms with Crippen LogP contribution in [0.2, 0.25) is 5.02 Å². The maximum Gasteiger partial charge on any atom is 0.220 e. The number of methoxy groups -OCH3 is 1. The van der Waals surface area contributed by atoms with Crippen molar-refractivity contribution in [3.05, 3.63) is 28.8 Å². The Labute approximate surface area is 93.4 Å². The molecule has 1 aromatic carbocycles. The summed E-state index contributed by atoms with van der Waals surface area (Å²) < 4.78 is 5.06. The van der Waals surface area contributed by atoms with Gasteiger partial charge in [-0.25, -0.2) is 0 Å². The highest BCUT2D eigenvalue weighted by molar-refractivity contribution is 6.32. The number of hydrogen-bond donors (Lipinski definition) is 1. The van der Waals surface area contributed by atoms with Gasteiger partial charge in [-0.3, -0.25) is 4.79 Å². The lowest BCUT2D eigenvalue weighted by molar-refractivity contribution is -0.119. The highest BCUT2D eigenvalue weighted by atomic mass is 35.5. The third-order valence-electron chi connectivity index (χ3n) is 2.57. The molecule has 1 aliphatic rings. The van der Waals surface area contributed by atoms with E-state index in [1.54, 1.807) is 7.11 Å². The van der Waals surface area contributed by atoms with Crippen LogP contribution in [0.3, 0.4) is 0 Å². The Kier molecular flexibility index (Phi) is 2.82. The van der Waals surface area contributed by atoms with Crippen LogP contribution in [-0.2, 0) is 4.79 Å². The second kappa shape index (κ2) is 4.11. The van der Waals surface area contributed by atoms with Gasteiger partial charge in [0.2, 0.25) is 5.91 Å². The smallest absolute Gasteiger partial charge is 0.220 e. The normalized spacial score (nSPS) is 20.1. The second-order valence-electron chi connectivity index (χ2n) is 3.55. The highest BCUT2D eigenvalue weighted by Gasteiger charge is 2.22. The molecule has 0 radical (unpaired) electrons. The van der Waals surface area contributed by atoms with Gasteiger partial charge in [0.1, 0.15) is 5.75 Å². The predicted molar refractivity (Wildman–Crippen MR) is 58.1 cm³/mol. The van der Waals surface area contributed by atoms with E-state index in [1.807, 2.05) is 18.2 Å². The van der Waals surface area contributed by atoms with E-state index in [1.165, 1.54) is 0 Å². The molecule has 0 saturated carbocycles. The minimum Gasteiger partial charge on any atom is -0.495 e. The SMILES string of the molecule is COc1ccc(C2CCC(=O)N2)cc1Cl. The molecular formula is C11H12ClNO2. The van der Waals surface area contributed by atoms with Gasteiger partial charge in [-0.1, -0.05) is 17.7 Å². The summed E-state index contributed by atoms with van der Waals surface area (Å²) in [5.74, 6) is 0.761. The summed E-state index contributed by atoms with van der Waals surface area (Å²) in [6.45, 7) is 0. The van der Waals surface area contributed by atoms with Crippen LogP contribution < -0.4 is 10.1 Å². The number of carbonyl (C=O) groups excluding carboxylic acids is 1. The number of rotatable bonds is 2. The van der Waals surface area contributed by atoms with E-state index < -0.39 is 0 Å². The molecule has 1 unspecified atom stereocenters. The quantitative estimate of drug-likeness (QED) is 0.839. The third kappa shape index (κ3) is 2.07. The Morgan fingerprint density at radius 3 is 2.87 bits per heavy atom. The molecule has 0 spiro atoms. The van der Waals surface area contributed by atoms with E-state index >= 15 is 0 Å². The van der Waals surface area contributed by atoms with Gasteiger partial charge >= 0.3 is 0 Å². The Morgan fingerprint density at radius 1 is 1.53 bits per heavy atom. The van der Waals surface area contributed by atoms with E-state index in [9.17, 15) is 4.79 Å². The fourth-order valence-corrected chi connectivity index (χ4v) is 2.03. The molecule has 2 rings (SSSR count). The van der Waals surface area contributed by atoms with Gasteiger partial charge in [0.15, 0.2) is 0 Å². The highest BCUT2D eigenvalue weighted by Crippen LogP contribution is 2.30. The van der Waals surface area contributed by atoms with Gasteiger partial charge in [-0.05, 0) is 24.1 Å². The van der Waals surface area contributed by atoms with Gasteiger partial charge in [-0.15, -0.1) is 0 Å². The molecule has 1 aliphatic heterocycles. The van der Waals surface area contributed by atoms with Crippen LogP contribution in [0, 0.1) is 0 Å². The number of halogens is 1. The summed E-state index contributed by atoms with van der Waals surface area (Å²) >= 11 is 6.01. The van der Waals surface area contributed by atoms with Gasteiger partial charge in [0.25, 0.3) is 0 Å². The van der Waals surface area contributed by atoms with Gasteiger partial charge in [0, 0.05) is 6.42 Å². The van der Waals surface area contributed by atoms with E-state index in [4.69, 9.17) is 16.3 Å². The molecule has 4 heteroatoms. The minimum absolute atomic E-state index is 0.0981. The van der Waals surface area contributed by atoms with Crippen molar-refractivity contribution in [2.24, 2.45) is 0 Å². The molecule has 80 valence electrons. The molecule has 3 nitrogen and oxygen atoms in total. The molecule has 1 atom stereocenters. The van der Waals surface area contributed by atoms with Crippen molar-refractivity contribution >= 4 is 17.5 Å². The Hall–Kier alpha value is -1.22. The molecule has 1 fully saturated rings. The zero-order valence-corrected chi connectivity index (χ0v) is 9.17. The van der Waals surface area contributed by atoms with Crippen LogP contribution in [-0.4, -0.2) is 13.0 Å². The fraction of sp³-hybridized carbons (Fsp3) is 0.364. The molecule has 0 aromatic heterocycles. The second-order valence-corrected chi connectivity index (χ2v) is 3.96. The Balaban J connectivity index is 2.22. The van der Waals surface area contributed by atoms with Crippen LogP contribution >= 0.6 is 11.6 Å². The summed E-state index contributed by atoms with van der Waals surface area (Å²) in [7, 11) is 1.58. The lowest BCUT2D eigenvalue weighted by atomic mass is 10.1. The fourth-order valence-electron chi connectivity index (χ4n) is 1.76. The first-order valence-electron chi connectivity index (χ1n) is 4.83. The lowest BCUT2D eigenvalue weighted by Gasteiger charge is -2.12. The summed E-state index contributed by atoms with van der Waals surface area (Å²) in [6, 6.07) is 5.70. The van der Waals surface area contributed by atoms with E-state index in [-0.39, 0.29) is 11.9 Å². The van der Waals surface area contributed by atoms with Crippen LogP contribution in [0.25, 0.3) is 0 Å². The van der Waals surface area contributed by atoms with Gasteiger partial charge < -0.3 is 10.1 Å². The number of hydrogen-bond acceptors (Lipinski definition) is 2. The molecule has 0 aliphatic carbocycles. The zero-order chi connectivity index (χ0) is 10.8. The molecule has 1 aromatic rings. The molecule has 1 amide bonds. The summed E-state index contributed by atoms with van der Waals surface area (Å²) in [5.41, 5.74) is 1.03. The van der Waals surface area contributed by atoms with Crippen molar-refractivity contribution in [2.45, 2.75) is 18.9 Å². The molecule has 0 bridgehead atoms. The number of carbonyl (C=O) groups is 1. The predicted octanol–water partition coefficient (Wildman–Crippen LogP) is 2.30. The van der Waals surface area contributed by atoms with Crippen LogP contribution in [0.1, 0.15) is 24.4 Å². The van der Waals surface area contributed by atoms with Crippen molar-refractivity contribution in [3.63, 3.8) is 0 Å². The topological polar surface area (TPSA) is 38.3 Å². The van der Waals surface area contributed by atoms with Crippen molar-refractivity contribution < 1.29 is 9.53 Å². The van der Waals surface area contributed by atoms with Crippen LogP contribution in [0.15, 0.2) is 18.2 Å². The number of amides is 1. The largest absolute Gasteiger partial charge is 0.495 e. The summed E-state index contributed by atoms with van der Waals surface area (Å²) in [6.07, 6.45) is 1.43. The van der Waals surface area contributed by atoms with E-state index in [2.05, 4.69) is 5.32 Å². The molecule has 1 heterocycles.